The van der Waals surface area contributed by atoms with Gasteiger partial charge in [-0.15, -0.1) is 11.3 Å². The normalized spacial score (nSPS) is 17.5. The lowest BCUT2D eigenvalue weighted by molar-refractivity contribution is 0.387. The van der Waals surface area contributed by atoms with Crippen molar-refractivity contribution in [3.63, 3.8) is 0 Å². The molecule has 0 saturated heterocycles. The minimum absolute atomic E-state index is 0.0332. The van der Waals surface area contributed by atoms with Gasteiger partial charge in [0.2, 0.25) is 16.0 Å². The summed E-state index contributed by atoms with van der Waals surface area (Å²) in [6.45, 7) is 5.94. The highest BCUT2D eigenvalue weighted by atomic mass is 32.2. The monoisotopic (exact) mass is 694 g/mol. The Morgan fingerprint density at radius 2 is 1.52 bits per heavy atom. The lowest BCUT2D eigenvalue weighted by atomic mass is 9.92. The maximum atomic E-state index is 14.9. The second-order valence-electron chi connectivity index (χ2n) is 12.1. The van der Waals surface area contributed by atoms with Crippen molar-refractivity contribution in [2.75, 3.05) is 16.3 Å². The van der Waals surface area contributed by atoms with Crippen LogP contribution in [0.5, 0.6) is 0 Å². The molecule has 0 amide bonds. The van der Waals surface area contributed by atoms with E-state index in [9.17, 15) is 30.0 Å². The number of thiazole rings is 1. The van der Waals surface area contributed by atoms with Gasteiger partial charge >= 0.3 is 0 Å². The summed E-state index contributed by atoms with van der Waals surface area (Å²) in [5.74, 6) is -3.21. The second kappa shape index (κ2) is 12.9. The van der Waals surface area contributed by atoms with Crippen LogP contribution in [0.1, 0.15) is 51.5 Å². The SMILES string of the molecule is CC(C)(C)c1nc(-c2ccc(F)c(NS(=O)(=O)c3c(F)cccc3F)c2)c(-c2ccnc(N[C@H]3CC[C@H](NS(C)(=O)=O)CC3)n2)s1. The Bertz CT molecular complexity index is 1950. The number of nitrogens with zero attached hydrogens (tertiary/aromatic N) is 3. The average Bonchev–Trinajstić information content (AvgIpc) is 3.41. The zero-order valence-electron chi connectivity index (χ0n) is 25.4. The van der Waals surface area contributed by atoms with Crippen LogP contribution >= 0.6 is 11.3 Å². The van der Waals surface area contributed by atoms with E-state index in [1.54, 1.807) is 12.3 Å². The highest BCUT2D eigenvalue weighted by Crippen LogP contribution is 2.41. The highest BCUT2D eigenvalue weighted by molar-refractivity contribution is 7.92. The number of nitrogens with one attached hydrogen (secondary N) is 3. The Hall–Kier alpha value is -3.60. The first-order valence-electron chi connectivity index (χ1n) is 14.4. The smallest absolute Gasteiger partial charge is 0.267 e. The summed E-state index contributed by atoms with van der Waals surface area (Å²) in [4.78, 5) is 13.3. The highest BCUT2D eigenvalue weighted by Gasteiger charge is 2.28. The average molecular weight is 695 g/mol. The van der Waals surface area contributed by atoms with E-state index in [0.717, 1.165) is 35.5 Å². The van der Waals surface area contributed by atoms with Gasteiger partial charge in [-0.05, 0) is 62.1 Å². The number of hydrogen-bond donors (Lipinski definition) is 3. The van der Waals surface area contributed by atoms with Crippen LogP contribution in [0.2, 0.25) is 0 Å². The quantitative estimate of drug-likeness (QED) is 0.192. The predicted octanol–water partition coefficient (Wildman–Crippen LogP) is 6.06. The van der Waals surface area contributed by atoms with Crippen molar-refractivity contribution in [3.8, 4) is 21.8 Å². The molecule has 3 N–H and O–H groups in total. The van der Waals surface area contributed by atoms with Gasteiger partial charge in [0.15, 0.2) is 4.90 Å². The van der Waals surface area contributed by atoms with Gasteiger partial charge in [-0.1, -0.05) is 26.8 Å². The number of halogens is 3. The summed E-state index contributed by atoms with van der Waals surface area (Å²) in [5, 5.41) is 4.07. The molecule has 10 nitrogen and oxygen atoms in total. The number of sulfonamides is 2. The molecule has 0 aliphatic heterocycles. The largest absolute Gasteiger partial charge is 0.351 e. The molecule has 0 radical (unpaired) electrons. The summed E-state index contributed by atoms with van der Waals surface area (Å²) in [7, 11) is -8.12. The van der Waals surface area contributed by atoms with Crippen molar-refractivity contribution < 1.29 is 30.0 Å². The van der Waals surface area contributed by atoms with Crippen molar-refractivity contribution in [1.29, 1.82) is 0 Å². The number of anilines is 2. The van der Waals surface area contributed by atoms with Crippen molar-refractivity contribution in [3.05, 3.63) is 71.1 Å². The van der Waals surface area contributed by atoms with Crippen molar-refractivity contribution in [2.24, 2.45) is 0 Å². The van der Waals surface area contributed by atoms with Crippen LogP contribution in [-0.4, -0.2) is 50.1 Å². The fourth-order valence-electron chi connectivity index (χ4n) is 5.09. The zero-order valence-corrected chi connectivity index (χ0v) is 27.9. The summed E-state index contributed by atoms with van der Waals surface area (Å²) >= 11 is 1.37. The third kappa shape index (κ3) is 7.85. The van der Waals surface area contributed by atoms with Gasteiger partial charge in [0.1, 0.15) is 17.5 Å². The van der Waals surface area contributed by atoms with E-state index in [1.807, 2.05) is 25.5 Å². The fourth-order valence-corrected chi connectivity index (χ4v) is 8.25. The molecule has 4 aromatic rings. The van der Waals surface area contributed by atoms with Crippen LogP contribution in [0.25, 0.3) is 21.8 Å². The van der Waals surface area contributed by atoms with E-state index in [2.05, 4.69) is 15.0 Å². The standard InChI is InChI=1S/C30H33F3N6O4S3/c1-30(2,3)28-37-25(17-8-13-20(31)24(16-17)39-46(42,43)27-21(32)6-5-7-22(27)33)26(44-28)23-14-15-34-29(36-23)35-18-9-11-19(12-10-18)38-45(4,40)41/h5-8,13-16,18-19,38-39H,9-12H2,1-4H3,(H,34,35,36)/t18-,19-. The molecule has 46 heavy (non-hydrogen) atoms. The molecule has 0 spiro atoms. The summed E-state index contributed by atoms with van der Waals surface area (Å²) in [6, 6.07) is 7.95. The van der Waals surface area contributed by atoms with Crippen LogP contribution in [0.3, 0.4) is 0 Å². The molecule has 1 aliphatic rings. The summed E-state index contributed by atoms with van der Waals surface area (Å²) in [5.41, 5.74) is 0.386. The molecule has 0 unspecified atom stereocenters. The van der Waals surface area contributed by atoms with E-state index >= 15 is 0 Å². The van der Waals surface area contributed by atoms with Crippen molar-refractivity contribution >= 4 is 43.0 Å². The topological polar surface area (TPSA) is 143 Å². The zero-order chi connectivity index (χ0) is 33.4. The first kappa shape index (κ1) is 33.8. The van der Waals surface area contributed by atoms with Crippen LogP contribution < -0.4 is 14.8 Å². The molecule has 16 heteroatoms. The number of aromatic nitrogens is 3. The number of hydrogen-bond acceptors (Lipinski definition) is 9. The van der Waals surface area contributed by atoms with Crippen LogP contribution in [-0.2, 0) is 25.5 Å². The summed E-state index contributed by atoms with van der Waals surface area (Å²) in [6.07, 6.45) is 5.50. The molecule has 0 atom stereocenters. The molecule has 2 heterocycles. The van der Waals surface area contributed by atoms with E-state index in [1.165, 1.54) is 23.5 Å². The number of benzene rings is 2. The molecule has 1 aliphatic carbocycles. The van der Waals surface area contributed by atoms with Crippen LogP contribution in [0.15, 0.2) is 53.6 Å². The number of rotatable bonds is 9. The van der Waals surface area contributed by atoms with Crippen LogP contribution in [0.4, 0.5) is 24.8 Å². The molecular weight excluding hydrogens is 662 g/mol. The fraction of sp³-hybridized carbons (Fsp3) is 0.367. The molecular formula is C30H33F3N6O4S3. The van der Waals surface area contributed by atoms with E-state index < -0.39 is 48.1 Å². The lowest BCUT2D eigenvalue weighted by Gasteiger charge is -2.29. The third-order valence-electron chi connectivity index (χ3n) is 7.27. The Balaban J connectivity index is 1.46. The molecule has 2 aromatic carbocycles. The van der Waals surface area contributed by atoms with Crippen LogP contribution in [0, 0.1) is 17.5 Å². The van der Waals surface area contributed by atoms with Gasteiger partial charge in [-0.2, -0.15) is 0 Å². The molecule has 1 fully saturated rings. The van der Waals surface area contributed by atoms with E-state index in [4.69, 9.17) is 9.97 Å². The van der Waals surface area contributed by atoms with Gasteiger partial charge < -0.3 is 5.32 Å². The predicted molar refractivity (Wildman–Crippen MR) is 172 cm³/mol. The maximum Gasteiger partial charge on any atom is 0.267 e. The molecule has 246 valence electrons. The molecule has 5 rings (SSSR count). The summed E-state index contributed by atoms with van der Waals surface area (Å²) < 4.78 is 97.2. The van der Waals surface area contributed by atoms with E-state index in [-0.39, 0.29) is 17.5 Å². The van der Waals surface area contributed by atoms with E-state index in [0.29, 0.717) is 53.5 Å². The Morgan fingerprint density at radius 1 is 0.870 bits per heavy atom. The Kier molecular flexibility index (Phi) is 9.46. The lowest BCUT2D eigenvalue weighted by Crippen LogP contribution is -2.39. The van der Waals surface area contributed by atoms with Crippen molar-refractivity contribution in [2.45, 2.75) is 68.8 Å². The minimum atomic E-state index is -4.83. The first-order valence-corrected chi connectivity index (χ1v) is 18.5. The Labute approximate surface area is 270 Å². The molecule has 1 saturated carbocycles. The maximum absolute atomic E-state index is 14.9. The van der Waals surface area contributed by atoms with Gasteiger partial charge in [0, 0.05) is 29.3 Å². The van der Waals surface area contributed by atoms with Gasteiger partial charge in [0.25, 0.3) is 10.0 Å². The van der Waals surface area contributed by atoms with Crippen molar-refractivity contribution in [1.82, 2.24) is 19.7 Å². The van der Waals surface area contributed by atoms with Gasteiger partial charge in [-0.3, -0.25) is 4.72 Å². The molecule has 2 aromatic heterocycles. The van der Waals surface area contributed by atoms with Gasteiger partial charge in [-0.25, -0.2) is 49.7 Å². The second-order valence-corrected chi connectivity index (χ2v) is 16.5. The first-order chi connectivity index (χ1) is 21.5. The van der Waals surface area contributed by atoms with Gasteiger partial charge in [0.05, 0.1) is 33.2 Å². The molecule has 0 bridgehead atoms. The Morgan fingerprint density at radius 3 is 2.15 bits per heavy atom. The minimum Gasteiger partial charge on any atom is -0.351 e. The third-order valence-corrected chi connectivity index (χ3v) is 11.0.